The highest BCUT2D eigenvalue weighted by molar-refractivity contribution is 7.09. The lowest BCUT2D eigenvalue weighted by Crippen LogP contribution is -2.41. The molecule has 3 rings (SSSR count). The Morgan fingerprint density at radius 3 is 2.67 bits per heavy atom. The summed E-state index contributed by atoms with van der Waals surface area (Å²) in [6, 6.07) is 8.22. The van der Waals surface area contributed by atoms with E-state index in [0.717, 1.165) is 25.3 Å². The Bertz CT molecular complexity index is 695. The number of halogens is 2. The first-order valence-electron chi connectivity index (χ1n) is 8.01. The van der Waals surface area contributed by atoms with Crippen LogP contribution in [-0.2, 0) is 6.42 Å². The summed E-state index contributed by atoms with van der Waals surface area (Å²) in [5.74, 6) is -0.305. The second-order valence-corrected chi connectivity index (χ2v) is 7.06. The number of nitrogens with zero attached hydrogens (tertiary/aromatic N) is 2. The van der Waals surface area contributed by atoms with Crippen LogP contribution in [0.15, 0.2) is 40.7 Å². The van der Waals surface area contributed by atoms with Gasteiger partial charge in [-0.3, -0.25) is 4.99 Å². The van der Waals surface area contributed by atoms with Gasteiger partial charge in [-0.15, -0.1) is 11.3 Å². The zero-order valence-corrected chi connectivity index (χ0v) is 14.6. The van der Waals surface area contributed by atoms with Crippen LogP contribution in [0.2, 0.25) is 0 Å². The number of hydrogen-bond acceptors (Lipinski definition) is 2. The SMILES string of the molecule is CN=C(NC1CC1c1c(F)cccc1F)N(C)CCc1cccs1. The van der Waals surface area contributed by atoms with Crippen LogP contribution in [-0.4, -0.2) is 37.5 Å². The summed E-state index contributed by atoms with van der Waals surface area (Å²) in [5.41, 5.74) is 0.187. The third-order valence-electron chi connectivity index (χ3n) is 4.32. The van der Waals surface area contributed by atoms with Crippen molar-refractivity contribution in [3.63, 3.8) is 0 Å². The van der Waals surface area contributed by atoms with Crippen molar-refractivity contribution in [1.82, 2.24) is 10.2 Å². The van der Waals surface area contributed by atoms with Gasteiger partial charge in [0, 0.05) is 43.0 Å². The zero-order chi connectivity index (χ0) is 17.1. The number of aliphatic imine (C=N–C) groups is 1. The molecule has 1 fully saturated rings. The summed E-state index contributed by atoms with van der Waals surface area (Å²) in [5, 5.41) is 5.39. The summed E-state index contributed by atoms with van der Waals surface area (Å²) in [6.07, 6.45) is 1.67. The molecule has 128 valence electrons. The molecule has 3 nitrogen and oxygen atoms in total. The first-order chi connectivity index (χ1) is 11.6. The van der Waals surface area contributed by atoms with Crippen molar-refractivity contribution in [1.29, 1.82) is 0 Å². The van der Waals surface area contributed by atoms with E-state index in [2.05, 4.69) is 21.8 Å². The number of guanidine groups is 1. The molecular weight excluding hydrogens is 328 g/mol. The smallest absolute Gasteiger partial charge is 0.193 e. The van der Waals surface area contributed by atoms with Gasteiger partial charge in [0.05, 0.1) is 0 Å². The van der Waals surface area contributed by atoms with Gasteiger partial charge >= 0.3 is 0 Å². The number of hydrogen-bond donors (Lipinski definition) is 1. The first-order valence-corrected chi connectivity index (χ1v) is 8.89. The summed E-state index contributed by atoms with van der Waals surface area (Å²) in [7, 11) is 3.70. The van der Waals surface area contributed by atoms with Gasteiger partial charge in [0.1, 0.15) is 11.6 Å². The van der Waals surface area contributed by atoms with Crippen molar-refractivity contribution in [2.75, 3.05) is 20.6 Å². The molecule has 0 aliphatic heterocycles. The maximum atomic E-state index is 13.9. The highest BCUT2D eigenvalue weighted by Gasteiger charge is 2.42. The molecule has 1 aliphatic carbocycles. The Morgan fingerprint density at radius 2 is 2.04 bits per heavy atom. The molecule has 24 heavy (non-hydrogen) atoms. The summed E-state index contributed by atoms with van der Waals surface area (Å²) >= 11 is 1.74. The van der Waals surface area contributed by atoms with Gasteiger partial charge in [-0.2, -0.15) is 0 Å². The third kappa shape index (κ3) is 3.75. The first kappa shape index (κ1) is 16.9. The Kier molecular flexibility index (Phi) is 5.14. The molecule has 0 radical (unpaired) electrons. The lowest BCUT2D eigenvalue weighted by molar-refractivity contribution is 0.484. The van der Waals surface area contributed by atoms with Gasteiger partial charge in [0.2, 0.25) is 0 Å². The minimum absolute atomic E-state index is 0.0271. The van der Waals surface area contributed by atoms with Crippen molar-refractivity contribution in [3.05, 3.63) is 57.8 Å². The molecule has 2 unspecified atom stereocenters. The van der Waals surface area contributed by atoms with E-state index in [-0.39, 0.29) is 17.5 Å². The minimum atomic E-state index is -0.467. The van der Waals surface area contributed by atoms with Crippen LogP contribution in [0.25, 0.3) is 0 Å². The number of likely N-dealkylation sites (N-methyl/N-ethyl adjacent to an activating group) is 1. The van der Waals surface area contributed by atoms with E-state index in [1.165, 1.54) is 23.1 Å². The largest absolute Gasteiger partial charge is 0.353 e. The van der Waals surface area contributed by atoms with Crippen molar-refractivity contribution >= 4 is 17.3 Å². The fourth-order valence-electron chi connectivity index (χ4n) is 2.89. The molecule has 1 heterocycles. The molecule has 0 bridgehead atoms. The van der Waals surface area contributed by atoms with Gasteiger partial charge in [-0.05, 0) is 36.4 Å². The van der Waals surface area contributed by atoms with E-state index < -0.39 is 11.6 Å². The Morgan fingerprint density at radius 1 is 1.29 bits per heavy atom. The summed E-state index contributed by atoms with van der Waals surface area (Å²) in [4.78, 5) is 7.67. The highest BCUT2D eigenvalue weighted by Crippen LogP contribution is 2.43. The van der Waals surface area contributed by atoms with Crippen LogP contribution in [0.3, 0.4) is 0 Å². The van der Waals surface area contributed by atoms with E-state index in [4.69, 9.17) is 0 Å². The maximum absolute atomic E-state index is 13.9. The molecule has 1 aromatic carbocycles. The lowest BCUT2D eigenvalue weighted by Gasteiger charge is -2.22. The Balaban J connectivity index is 1.57. The fraction of sp³-hybridized carbons (Fsp3) is 0.389. The van der Waals surface area contributed by atoms with E-state index in [0.29, 0.717) is 0 Å². The van der Waals surface area contributed by atoms with E-state index in [9.17, 15) is 8.78 Å². The third-order valence-corrected chi connectivity index (χ3v) is 5.26. The molecule has 2 atom stereocenters. The van der Waals surface area contributed by atoms with Crippen LogP contribution in [0, 0.1) is 11.6 Å². The minimum Gasteiger partial charge on any atom is -0.353 e. The van der Waals surface area contributed by atoms with Crippen LogP contribution in [0.1, 0.15) is 22.8 Å². The molecular formula is C18H21F2N3S. The average Bonchev–Trinajstić information content (AvgIpc) is 3.10. The molecule has 1 N–H and O–H groups in total. The predicted molar refractivity (Wildman–Crippen MR) is 94.7 cm³/mol. The Labute approximate surface area is 145 Å². The Hall–Kier alpha value is -1.95. The van der Waals surface area contributed by atoms with Gasteiger partial charge in [-0.1, -0.05) is 12.1 Å². The van der Waals surface area contributed by atoms with Gasteiger partial charge in [0.25, 0.3) is 0 Å². The van der Waals surface area contributed by atoms with Crippen LogP contribution >= 0.6 is 11.3 Å². The molecule has 0 amide bonds. The van der Waals surface area contributed by atoms with Crippen molar-refractivity contribution in [3.8, 4) is 0 Å². The normalized spacial score (nSPS) is 20.1. The quantitative estimate of drug-likeness (QED) is 0.659. The van der Waals surface area contributed by atoms with Crippen molar-refractivity contribution in [2.45, 2.75) is 24.8 Å². The topological polar surface area (TPSA) is 27.6 Å². The maximum Gasteiger partial charge on any atom is 0.193 e. The summed E-state index contributed by atoms with van der Waals surface area (Å²) < 4.78 is 27.7. The molecule has 2 aromatic rings. The molecule has 1 saturated carbocycles. The van der Waals surface area contributed by atoms with Crippen molar-refractivity contribution < 1.29 is 8.78 Å². The molecule has 1 aliphatic rings. The summed E-state index contributed by atoms with van der Waals surface area (Å²) in [6.45, 7) is 0.839. The highest BCUT2D eigenvalue weighted by atomic mass is 32.1. The molecule has 1 aromatic heterocycles. The number of benzene rings is 1. The number of thiophene rings is 1. The predicted octanol–water partition coefficient (Wildman–Crippen LogP) is 3.63. The van der Waals surface area contributed by atoms with Crippen LogP contribution in [0.4, 0.5) is 8.78 Å². The van der Waals surface area contributed by atoms with E-state index in [1.807, 2.05) is 18.0 Å². The van der Waals surface area contributed by atoms with Crippen molar-refractivity contribution in [2.24, 2.45) is 4.99 Å². The average molecular weight is 349 g/mol. The second kappa shape index (κ2) is 7.30. The lowest BCUT2D eigenvalue weighted by atomic mass is 10.1. The van der Waals surface area contributed by atoms with E-state index >= 15 is 0 Å². The second-order valence-electron chi connectivity index (χ2n) is 6.03. The molecule has 0 saturated heterocycles. The fourth-order valence-corrected chi connectivity index (χ4v) is 3.59. The van der Waals surface area contributed by atoms with Gasteiger partial charge in [-0.25, -0.2) is 8.78 Å². The number of nitrogens with one attached hydrogen (secondary N) is 1. The van der Waals surface area contributed by atoms with Crippen LogP contribution in [0.5, 0.6) is 0 Å². The van der Waals surface area contributed by atoms with E-state index in [1.54, 1.807) is 18.4 Å². The monoisotopic (exact) mass is 349 g/mol. The van der Waals surface area contributed by atoms with Gasteiger partial charge < -0.3 is 10.2 Å². The molecule has 0 spiro atoms. The van der Waals surface area contributed by atoms with Crippen LogP contribution < -0.4 is 5.32 Å². The zero-order valence-electron chi connectivity index (χ0n) is 13.8. The standard InChI is InChI=1S/C18H21F2N3S/c1-21-18(23(2)9-8-12-5-4-10-24-12)22-16-11-13(16)17-14(19)6-3-7-15(17)20/h3-7,10,13,16H,8-9,11H2,1-2H3,(H,21,22). The molecule has 6 heteroatoms. The number of rotatable bonds is 5. The van der Waals surface area contributed by atoms with Gasteiger partial charge in [0.15, 0.2) is 5.96 Å².